The normalized spacial score (nSPS) is 12.0. The van der Waals surface area contributed by atoms with Crippen LogP contribution in [0.5, 0.6) is 0 Å². The van der Waals surface area contributed by atoms with Crippen molar-refractivity contribution in [1.82, 2.24) is 0 Å². The molecule has 0 radical (unpaired) electrons. The molecule has 0 rings (SSSR count). The molecule has 0 atom stereocenters. The first-order chi connectivity index (χ1) is 16.2. The third-order valence-corrected chi connectivity index (χ3v) is 6.90. The summed E-state index contributed by atoms with van der Waals surface area (Å²) in [6.45, 7) is 11.2. The lowest BCUT2D eigenvalue weighted by Crippen LogP contribution is -2.46. The number of unbranched alkanes of at least 4 members (excludes halogenated alkanes) is 18. The molecule has 0 aromatic carbocycles. The van der Waals surface area contributed by atoms with Gasteiger partial charge in [0.25, 0.3) is 7.82 Å². The number of rotatable bonds is 24. The van der Waals surface area contributed by atoms with Gasteiger partial charge in [-0.25, -0.2) is 0 Å². The largest absolute Gasteiger partial charge is 0.756 e. The lowest BCUT2D eigenvalue weighted by molar-refractivity contribution is -0.910. The maximum Gasteiger partial charge on any atom is 0.262 e. The van der Waals surface area contributed by atoms with Gasteiger partial charge in [-0.3, -0.25) is 4.57 Å². The van der Waals surface area contributed by atoms with Crippen molar-refractivity contribution in [3.8, 4) is 0 Å². The van der Waals surface area contributed by atoms with Gasteiger partial charge >= 0.3 is 0 Å². The Morgan fingerprint density at radius 2 is 0.676 bits per heavy atom. The Morgan fingerprint density at radius 1 is 0.500 bits per heavy atom. The van der Waals surface area contributed by atoms with E-state index in [0.717, 1.165) is 0 Å². The monoisotopic (exact) mass is 507 g/mol. The predicted molar refractivity (Wildman–Crippen MR) is 147 cm³/mol. The predicted octanol–water partition coefficient (Wildman–Crippen LogP) is 8.12. The molecule has 5 nitrogen and oxygen atoms in total. The maximum atomic E-state index is 8.77. The number of hydrogen-bond acceptors (Lipinski definition) is 2. The quantitative estimate of drug-likeness (QED) is 0.0785. The zero-order valence-corrected chi connectivity index (χ0v) is 24.5. The summed E-state index contributed by atoms with van der Waals surface area (Å²) in [6, 6.07) is 0. The van der Waals surface area contributed by atoms with Gasteiger partial charge in [-0.15, -0.1) is 0 Å². The van der Waals surface area contributed by atoms with Crippen molar-refractivity contribution < 1.29 is 23.7 Å². The molecule has 0 aliphatic heterocycles. The summed E-state index contributed by atoms with van der Waals surface area (Å²) in [7, 11) is -2.31. The third-order valence-electron chi connectivity index (χ3n) is 6.90. The Kier molecular flexibility index (Phi) is 27.9. The highest BCUT2D eigenvalue weighted by molar-refractivity contribution is 7.43. The van der Waals surface area contributed by atoms with Crippen LogP contribution >= 0.6 is 7.82 Å². The van der Waals surface area contributed by atoms with Crippen LogP contribution in [0.25, 0.3) is 0 Å². The van der Waals surface area contributed by atoms with Crippen molar-refractivity contribution in [3.63, 3.8) is 0 Å². The van der Waals surface area contributed by atoms with E-state index in [1.165, 1.54) is 159 Å². The SMILES string of the molecule is CCCCCCCCC[N+](C)(CCCCCCCCC)CCCCCCCCC.O=P([O-])(O)O. The second-order valence-corrected chi connectivity index (χ2v) is 11.6. The molecular weight excluding hydrogens is 445 g/mol. The second kappa shape index (κ2) is 26.1. The molecule has 0 aromatic rings. The molecule has 0 fully saturated rings. The Morgan fingerprint density at radius 3 is 0.882 bits per heavy atom. The van der Waals surface area contributed by atoms with E-state index in [1.807, 2.05) is 0 Å². The molecule has 0 saturated carbocycles. The van der Waals surface area contributed by atoms with E-state index in [1.54, 1.807) is 0 Å². The van der Waals surface area contributed by atoms with Crippen molar-refractivity contribution in [2.24, 2.45) is 0 Å². The number of phosphoric acid groups is 1. The Hall–Kier alpha value is 0.0700. The van der Waals surface area contributed by atoms with Crippen molar-refractivity contribution in [2.45, 2.75) is 156 Å². The lowest BCUT2D eigenvalue weighted by atomic mass is 10.1. The van der Waals surface area contributed by atoms with Gasteiger partial charge in [0.1, 0.15) is 0 Å². The van der Waals surface area contributed by atoms with Crippen LogP contribution in [0.1, 0.15) is 156 Å². The third kappa shape index (κ3) is 34.2. The van der Waals surface area contributed by atoms with Crippen molar-refractivity contribution >= 4 is 7.82 Å². The van der Waals surface area contributed by atoms with Crippen LogP contribution in [0.4, 0.5) is 0 Å². The summed E-state index contributed by atoms with van der Waals surface area (Å²) >= 11 is 0. The average molecular weight is 508 g/mol. The van der Waals surface area contributed by atoms with Crippen LogP contribution in [-0.2, 0) is 4.57 Å². The summed E-state index contributed by atoms with van der Waals surface area (Å²) in [4.78, 5) is 22.9. The van der Waals surface area contributed by atoms with Crippen LogP contribution in [0.15, 0.2) is 0 Å². The van der Waals surface area contributed by atoms with E-state index < -0.39 is 7.82 Å². The molecule has 34 heavy (non-hydrogen) atoms. The van der Waals surface area contributed by atoms with Gasteiger partial charge in [0, 0.05) is 0 Å². The first kappa shape index (κ1) is 36.2. The van der Waals surface area contributed by atoms with E-state index in [2.05, 4.69) is 27.8 Å². The first-order valence-electron chi connectivity index (χ1n) is 14.8. The summed E-state index contributed by atoms with van der Waals surface area (Å²) in [5, 5.41) is 0. The fourth-order valence-corrected chi connectivity index (χ4v) is 4.69. The molecule has 0 spiro atoms. The van der Waals surface area contributed by atoms with E-state index in [0.29, 0.717) is 0 Å². The Bertz CT molecular complexity index is 388. The molecule has 0 heterocycles. The van der Waals surface area contributed by atoms with Gasteiger partial charge in [0.05, 0.1) is 26.7 Å². The van der Waals surface area contributed by atoms with Gasteiger partial charge in [0.15, 0.2) is 0 Å². The van der Waals surface area contributed by atoms with Gasteiger partial charge < -0.3 is 19.2 Å². The van der Waals surface area contributed by atoms with Crippen LogP contribution in [0, 0.1) is 0 Å². The molecule has 0 amide bonds. The summed E-state index contributed by atoms with van der Waals surface area (Å²) < 4.78 is 10.1. The fraction of sp³-hybridized carbons (Fsp3) is 1.00. The van der Waals surface area contributed by atoms with Crippen LogP contribution in [-0.4, -0.2) is 41.0 Å². The molecule has 0 aromatic heterocycles. The van der Waals surface area contributed by atoms with Gasteiger partial charge in [0.2, 0.25) is 0 Å². The topological polar surface area (TPSA) is 80.6 Å². The molecule has 208 valence electrons. The number of nitrogens with zero attached hydrogens (tertiary/aromatic N) is 1. The Labute approximate surface area is 214 Å². The summed E-state index contributed by atoms with van der Waals surface area (Å²) in [5.41, 5.74) is 0. The van der Waals surface area contributed by atoms with Gasteiger partial charge in [-0.1, -0.05) is 117 Å². The first-order valence-corrected chi connectivity index (χ1v) is 16.3. The van der Waals surface area contributed by atoms with Gasteiger partial charge in [-0.2, -0.15) is 0 Å². The van der Waals surface area contributed by atoms with Gasteiger partial charge in [-0.05, 0) is 38.5 Å². The van der Waals surface area contributed by atoms with Crippen LogP contribution in [0.3, 0.4) is 0 Å². The lowest BCUT2D eigenvalue weighted by Gasteiger charge is -2.35. The molecule has 0 saturated heterocycles. The molecule has 0 bridgehead atoms. The average Bonchev–Trinajstić information content (AvgIpc) is 2.76. The van der Waals surface area contributed by atoms with Crippen molar-refractivity contribution in [1.29, 1.82) is 0 Å². The standard InChI is InChI=1S/C28H60N.H3O4P/c1-5-8-11-14-17-20-23-26-29(4,27-24-21-18-15-12-9-6-2)28-25-22-19-16-13-10-7-3;1-5(2,3)4/h5-28H2,1-4H3;(H3,1,2,3,4)/q+1;/p-1. The fourth-order valence-electron chi connectivity index (χ4n) is 4.69. The zero-order valence-electron chi connectivity index (χ0n) is 23.6. The number of quaternary nitrogens is 1. The summed E-state index contributed by atoms with van der Waals surface area (Å²) in [6.07, 6.45) is 30.3. The minimum absolute atomic E-state index is 1.36. The molecule has 2 N–H and O–H groups in total. The second-order valence-electron chi connectivity index (χ2n) is 10.6. The molecule has 0 unspecified atom stereocenters. The molecule has 0 aliphatic carbocycles. The van der Waals surface area contributed by atoms with Crippen LogP contribution < -0.4 is 4.89 Å². The highest BCUT2D eigenvalue weighted by Gasteiger charge is 2.20. The molecule has 0 aliphatic rings. The van der Waals surface area contributed by atoms with E-state index >= 15 is 0 Å². The Balaban J connectivity index is 0. The summed E-state index contributed by atoms with van der Waals surface area (Å²) in [5.74, 6) is 0. The van der Waals surface area contributed by atoms with Crippen molar-refractivity contribution in [2.75, 3.05) is 26.7 Å². The maximum absolute atomic E-state index is 8.77. The van der Waals surface area contributed by atoms with E-state index in [9.17, 15) is 0 Å². The minimum Gasteiger partial charge on any atom is -0.756 e. The zero-order chi connectivity index (χ0) is 26.0. The van der Waals surface area contributed by atoms with E-state index in [4.69, 9.17) is 19.2 Å². The van der Waals surface area contributed by atoms with Crippen LogP contribution in [0.2, 0.25) is 0 Å². The molecule has 6 heteroatoms. The molecular formula is C28H62NO4P. The minimum atomic E-state index is -4.89. The smallest absolute Gasteiger partial charge is 0.262 e. The van der Waals surface area contributed by atoms with Crippen molar-refractivity contribution in [3.05, 3.63) is 0 Å². The van der Waals surface area contributed by atoms with E-state index in [-0.39, 0.29) is 0 Å². The highest BCUT2D eigenvalue weighted by Crippen LogP contribution is 2.19. The number of hydrogen-bond donors (Lipinski definition) is 2. The highest BCUT2D eigenvalue weighted by atomic mass is 31.2.